The average Bonchev–Trinajstić information content (AvgIpc) is 2.98. The lowest BCUT2D eigenvalue weighted by atomic mass is 9.93. The number of hydrogen-bond acceptors (Lipinski definition) is 8. The zero-order valence-electron chi connectivity index (χ0n) is 26.6. The van der Waals surface area contributed by atoms with Gasteiger partial charge in [-0.05, 0) is 81.6 Å². The van der Waals surface area contributed by atoms with Crippen LogP contribution in [0.5, 0.6) is 0 Å². The zero-order valence-corrected chi connectivity index (χ0v) is 28.3. The van der Waals surface area contributed by atoms with Crippen LogP contribution in [0, 0.1) is 5.41 Å². The van der Waals surface area contributed by atoms with Gasteiger partial charge in [0, 0.05) is 50.4 Å². The van der Waals surface area contributed by atoms with Gasteiger partial charge in [0.25, 0.3) is 11.8 Å². The molecule has 45 heavy (non-hydrogen) atoms. The Hall–Kier alpha value is -2.88. The third kappa shape index (κ3) is 8.69. The summed E-state index contributed by atoms with van der Waals surface area (Å²) in [5, 5.41) is 5.70. The summed E-state index contributed by atoms with van der Waals surface area (Å²) in [7, 11) is -7.44. The highest BCUT2D eigenvalue weighted by Gasteiger charge is 2.33. The quantitative estimate of drug-likeness (QED) is 0.393. The largest absolute Gasteiger partial charge is 0.373 e. The molecule has 4 atom stereocenters. The van der Waals surface area contributed by atoms with E-state index < -0.39 is 25.5 Å². The smallest absolute Gasteiger partial charge is 0.251 e. The van der Waals surface area contributed by atoms with Crippen LogP contribution in [0.1, 0.15) is 62.3 Å². The van der Waals surface area contributed by atoms with Gasteiger partial charge >= 0.3 is 0 Å². The molecule has 0 aromatic heterocycles. The van der Waals surface area contributed by atoms with Gasteiger partial charge in [-0.15, -0.1) is 0 Å². The Morgan fingerprint density at radius 3 is 1.22 bits per heavy atom. The van der Waals surface area contributed by atoms with Crippen LogP contribution in [-0.2, 0) is 29.5 Å². The second kappa shape index (κ2) is 13.9. The maximum absolute atomic E-state index is 13.1. The van der Waals surface area contributed by atoms with Crippen LogP contribution >= 0.6 is 0 Å². The van der Waals surface area contributed by atoms with Crippen LogP contribution < -0.4 is 10.6 Å². The van der Waals surface area contributed by atoms with Gasteiger partial charge in [0.2, 0.25) is 20.0 Å². The predicted octanol–water partition coefficient (Wildman–Crippen LogP) is 2.47. The summed E-state index contributed by atoms with van der Waals surface area (Å²) in [6.45, 7) is 12.6. The minimum Gasteiger partial charge on any atom is -0.373 e. The number of carbonyl (C=O) groups is 2. The molecule has 2 amide bonds. The normalized spacial score (nSPS) is 23.8. The molecule has 2 aromatic rings. The van der Waals surface area contributed by atoms with Crippen molar-refractivity contribution in [3.63, 3.8) is 0 Å². The van der Waals surface area contributed by atoms with Crippen molar-refractivity contribution in [1.82, 2.24) is 19.2 Å². The number of carbonyl (C=O) groups excluding carboxylic acids is 2. The van der Waals surface area contributed by atoms with Crippen LogP contribution in [0.15, 0.2) is 58.3 Å². The van der Waals surface area contributed by atoms with Crippen molar-refractivity contribution in [3.8, 4) is 0 Å². The Bertz CT molecular complexity index is 1440. The third-order valence-corrected chi connectivity index (χ3v) is 11.4. The first-order valence-corrected chi connectivity index (χ1v) is 17.9. The summed E-state index contributed by atoms with van der Waals surface area (Å²) >= 11 is 0. The topological polar surface area (TPSA) is 151 Å². The van der Waals surface area contributed by atoms with Gasteiger partial charge in [0.1, 0.15) is 0 Å². The molecule has 0 aliphatic carbocycles. The number of hydrogen-bond donors (Lipinski definition) is 2. The van der Waals surface area contributed by atoms with E-state index in [4.69, 9.17) is 9.47 Å². The van der Waals surface area contributed by atoms with Crippen molar-refractivity contribution in [2.24, 2.45) is 5.41 Å². The summed E-state index contributed by atoms with van der Waals surface area (Å²) in [5.74, 6) is -0.736. The first-order chi connectivity index (χ1) is 21.0. The van der Waals surface area contributed by atoms with Crippen LogP contribution in [0.2, 0.25) is 0 Å². The average molecular weight is 665 g/mol. The van der Waals surface area contributed by atoms with Gasteiger partial charge < -0.3 is 20.1 Å². The molecule has 2 aliphatic heterocycles. The van der Waals surface area contributed by atoms with E-state index in [0.29, 0.717) is 11.1 Å². The van der Waals surface area contributed by atoms with Crippen LogP contribution in [0.25, 0.3) is 0 Å². The first-order valence-electron chi connectivity index (χ1n) is 15.1. The van der Waals surface area contributed by atoms with E-state index in [1.165, 1.54) is 57.1 Å². The highest BCUT2D eigenvalue weighted by molar-refractivity contribution is 7.89. The van der Waals surface area contributed by atoms with Crippen molar-refractivity contribution in [2.75, 3.05) is 39.3 Å². The number of sulfonamides is 2. The van der Waals surface area contributed by atoms with Crippen molar-refractivity contribution >= 4 is 31.9 Å². The molecule has 2 saturated heterocycles. The molecule has 2 N–H and O–H groups in total. The molecule has 2 aromatic carbocycles. The van der Waals surface area contributed by atoms with Crippen molar-refractivity contribution in [2.45, 2.75) is 75.7 Å². The zero-order chi connectivity index (χ0) is 33.2. The Balaban J connectivity index is 1.28. The fourth-order valence-corrected chi connectivity index (χ4v) is 8.60. The molecule has 4 rings (SSSR count). The molecule has 2 heterocycles. The maximum atomic E-state index is 13.1. The lowest BCUT2D eigenvalue weighted by molar-refractivity contribution is -0.0442. The number of morpholine rings is 2. The van der Waals surface area contributed by atoms with Crippen molar-refractivity contribution < 1.29 is 35.9 Å². The summed E-state index contributed by atoms with van der Waals surface area (Å²) in [4.78, 5) is 25.9. The predicted molar refractivity (Wildman–Crippen MR) is 169 cm³/mol. The van der Waals surface area contributed by atoms with E-state index in [2.05, 4.69) is 10.6 Å². The molecule has 2 fully saturated rings. The molecule has 0 saturated carbocycles. The fraction of sp³-hybridized carbons (Fsp3) is 0.548. The number of rotatable bonds is 10. The summed E-state index contributed by atoms with van der Waals surface area (Å²) in [5.41, 5.74) is 0.104. The van der Waals surface area contributed by atoms with Crippen molar-refractivity contribution in [1.29, 1.82) is 0 Å². The van der Waals surface area contributed by atoms with Gasteiger partial charge in [-0.2, -0.15) is 8.61 Å². The van der Waals surface area contributed by atoms with Gasteiger partial charge in [0.05, 0.1) is 34.2 Å². The molecule has 0 radical (unpaired) electrons. The highest BCUT2D eigenvalue weighted by atomic mass is 32.2. The van der Waals surface area contributed by atoms with Crippen LogP contribution in [-0.4, -0.2) is 101 Å². The minimum atomic E-state index is -3.72. The molecule has 2 aliphatic rings. The molecule has 248 valence electrons. The molecular formula is C31H44N4O8S2. The van der Waals surface area contributed by atoms with E-state index in [1.807, 2.05) is 41.5 Å². The molecule has 0 unspecified atom stereocenters. The highest BCUT2D eigenvalue weighted by Crippen LogP contribution is 2.23. The van der Waals surface area contributed by atoms with E-state index in [1.54, 1.807) is 0 Å². The second-order valence-electron chi connectivity index (χ2n) is 12.7. The van der Waals surface area contributed by atoms with E-state index in [9.17, 15) is 26.4 Å². The molecule has 12 nitrogen and oxygen atoms in total. The summed E-state index contributed by atoms with van der Waals surface area (Å²) in [6.07, 6.45) is -0.834. The number of amides is 2. The minimum absolute atomic E-state index is 0.110. The number of nitrogens with one attached hydrogen (secondary N) is 2. The van der Waals surface area contributed by atoms with Crippen molar-refractivity contribution in [3.05, 3.63) is 59.7 Å². The monoisotopic (exact) mass is 664 g/mol. The lowest BCUT2D eigenvalue weighted by Gasteiger charge is -2.34. The fourth-order valence-electron chi connectivity index (χ4n) is 5.41. The second-order valence-corrected chi connectivity index (χ2v) is 16.6. The van der Waals surface area contributed by atoms with E-state index >= 15 is 0 Å². The van der Waals surface area contributed by atoms with Gasteiger partial charge in [0.15, 0.2) is 0 Å². The standard InChI is InChI=1S/C31H44N4O8S2/c1-21-15-34(16-22(2)42-21)44(38,39)27-11-7-25(8-12-27)29(36)32-19-31(5,6)20-33-30(37)26-9-13-28(14-10-26)45(40,41)35-17-23(3)43-24(4)18-35/h7-14,21-24H,15-20H2,1-6H3,(H,32,36)(H,33,37)/t21-,22-,23-,24+/m1/s1. The Morgan fingerprint density at radius 2 is 0.933 bits per heavy atom. The maximum Gasteiger partial charge on any atom is 0.251 e. The summed E-state index contributed by atoms with van der Waals surface area (Å²) in [6, 6.07) is 11.6. The Labute approximate surface area is 266 Å². The molecule has 0 spiro atoms. The Kier molecular flexibility index (Phi) is 10.8. The van der Waals surface area contributed by atoms with Gasteiger partial charge in [-0.25, -0.2) is 16.8 Å². The summed E-state index contributed by atoms with van der Waals surface area (Å²) < 4.78 is 66.5. The lowest BCUT2D eigenvalue weighted by Crippen LogP contribution is -2.48. The molecule has 14 heteroatoms. The van der Waals surface area contributed by atoms with Crippen LogP contribution in [0.4, 0.5) is 0 Å². The third-order valence-electron chi connectivity index (χ3n) is 7.74. The van der Waals surface area contributed by atoms with E-state index in [-0.39, 0.29) is 85.3 Å². The number of benzene rings is 2. The first kappa shape index (κ1) is 35.0. The van der Waals surface area contributed by atoms with Crippen LogP contribution in [0.3, 0.4) is 0 Å². The number of ether oxygens (including phenoxy) is 2. The molecule has 0 bridgehead atoms. The van der Waals surface area contributed by atoms with E-state index in [0.717, 1.165) is 0 Å². The van der Waals surface area contributed by atoms with Gasteiger partial charge in [-0.3, -0.25) is 9.59 Å². The number of nitrogens with zero attached hydrogens (tertiary/aromatic N) is 2. The SMILES string of the molecule is C[C@@H]1CN(S(=O)(=O)c2ccc(C(=O)NCC(C)(C)CNC(=O)c3ccc(S(=O)(=O)N4C[C@@H](C)O[C@@H](C)C4)cc3)cc2)C[C@@H](C)O1. The Morgan fingerprint density at radius 1 is 0.644 bits per heavy atom. The molecular weight excluding hydrogens is 620 g/mol. The van der Waals surface area contributed by atoms with Gasteiger partial charge in [-0.1, -0.05) is 13.8 Å².